The van der Waals surface area contributed by atoms with Gasteiger partial charge in [-0.25, -0.2) is 0 Å². The van der Waals surface area contributed by atoms with E-state index in [1.807, 2.05) is 0 Å². The number of piperidine rings is 1. The van der Waals surface area contributed by atoms with Crippen LogP contribution in [0, 0.1) is 5.41 Å². The average molecular weight is 197 g/mol. The quantitative estimate of drug-likeness (QED) is 0.732. The van der Waals surface area contributed by atoms with Gasteiger partial charge in [-0.1, -0.05) is 6.92 Å². The third kappa shape index (κ3) is 0.991. The molecule has 2 rings (SSSR count). The molecule has 0 amide bonds. The van der Waals surface area contributed by atoms with Crippen LogP contribution in [0.5, 0.6) is 0 Å². The van der Waals surface area contributed by atoms with Crippen molar-refractivity contribution < 1.29 is 9.90 Å². The van der Waals surface area contributed by atoms with Crippen LogP contribution in [0.4, 0.5) is 0 Å². The molecule has 0 aromatic heterocycles. The molecule has 2 atom stereocenters. The van der Waals surface area contributed by atoms with Gasteiger partial charge >= 0.3 is 5.97 Å². The van der Waals surface area contributed by atoms with Gasteiger partial charge in [0, 0.05) is 6.04 Å². The second-order valence-electron chi connectivity index (χ2n) is 5.29. The molecular formula is C11H19NO2. The summed E-state index contributed by atoms with van der Waals surface area (Å²) in [4.78, 5) is 13.6. The van der Waals surface area contributed by atoms with E-state index >= 15 is 0 Å². The lowest BCUT2D eigenvalue weighted by Crippen LogP contribution is -2.53. The van der Waals surface area contributed by atoms with Crippen LogP contribution in [0.2, 0.25) is 0 Å². The zero-order chi connectivity index (χ0) is 10.6. The summed E-state index contributed by atoms with van der Waals surface area (Å²) in [5.41, 5.74) is -0.485. The Morgan fingerprint density at radius 2 is 2.14 bits per heavy atom. The molecule has 0 radical (unpaired) electrons. The zero-order valence-corrected chi connectivity index (χ0v) is 9.21. The first-order valence-electron chi connectivity index (χ1n) is 5.44. The van der Waals surface area contributed by atoms with Crippen molar-refractivity contribution in [3.63, 3.8) is 0 Å². The van der Waals surface area contributed by atoms with Gasteiger partial charge in [-0.2, -0.15) is 0 Å². The second kappa shape index (κ2) is 2.72. The van der Waals surface area contributed by atoms with Crippen molar-refractivity contribution in [1.82, 2.24) is 4.90 Å². The lowest BCUT2D eigenvalue weighted by atomic mass is 9.89. The second-order valence-corrected chi connectivity index (χ2v) is 5.29. The van der Waals surface area contributed by atoms with Crippen molar-refractivity contribution in [2.75, 3.05) is 6.54 Å². The van der Waals surface area contributed by atoms with E-state index in [1.165, 1.54) is 0 Å². The number of hydrogen-bond donors (Lipinski definition) is 1. The monoisotopic (exact) mass is 197 g/mol. The summed E-state index contributed by atoms with van der Waals surface area (Å²) in [7, 11) is 0. The number of carboxylic acids is 1. The Bertz CT molecular complexity index is 276. The first-order valence-corrected chi connectivity index (χ1v) is 5.44. The minimum Gasteiger partial charge on any atom is -0.480 e. The van der Waals surface area contributed by atoms with Gasteiger partial charge in [-0.15, -0.1) is 0 Å². The Morgan fingerprint density at radius 1 is 1.50 bits per heavy atom. The molecule has 1 N–H and O–H groups in total. The fraction of sp³-hybridized carbons (Fsp3) is 0.909. The maximum absolute atomic E-state index is 11.4. The zero-order valence-electron chi connectivity index (χ0n) is 9.21. The van der Waals surface area contributed by atoms with Gasteiger partial charge in [0.15, 0.2) is 0 Å². The van der Waals surface area contributed by atoms with E-state index in [0.29, 0.717) is 6.04 Å². The molecule has 0 bridgehead atoms. The van der Waals surface area contributed by atoms with E-state index in [2.05, 4.69) is 25.7 Å². The van der Waals surface area contributed by atoms with Gasteiger partial charge < -0.3 is 5.11 Å². The van der Waals surface area contributed by atoms with E-state index in [1.54, 1.807) is 0 Å². The standard InChI is InChI=1S/C11H19NO2/c1-8(2)12-6-4-5-10(3)7-11(10,12)9(13)14/h8H,4-7H2,1-3H3,(H,13,14). The molecule has 1 heterocycles. The van der Waals surface area contributed by atoms with E-state index < -0.39 is 11.5 Å². The number of fused-ring (bicyclic) bond motifs is 1. The largest absolute Gasteiger partial charge is 0.480 e. The van der Waals surface area contributed by atoms with E-state index in [-0.39, 0.29) is 5.41 Å². The van der Waals surface area contributed by atoms with Crippen LogP contribution in [0.15, 0.2) is 0 Å². The summed E-state index contributed by atoms with van der Waals surface area (Å²) in [6.07, 6.45) is 3.06. The molecule has 2 aliphatic rings. The van der Waals surface area contributed by atoms with Crippen molar-refractivity contribution in [2.45, 2.75) is 51.6 Å². The molecule has 2 fully saturated rings. The Morgan fingerprint density at radius 3 is 2.57 bits per heavy atom. The minimum absolute atomic E-state index is 0.0430. The van der Waals surface area contributed by atoms with Gasteiger partial charge in [-0.3, -0.25) is 9.69 Å². The minimum atomic E-state index is -0.617. The highest BCUT2D eigenvalue weighted by molar-refractivity contribution is 5.85. The third-order valence-corrected chi connectivity index (χ3v) is 4.11. The van der Waals surface area contributed by atoms with E-state index in [4.69, 9.17) is 0 Å². The molecular weight excluding hydrogens is 178 g/mol. The van der Waals surface area contributed by atoms with Gasteiger partial charge in [0.1, 0.15) is 5.54 Å². The van der Waals surface area contributed by atoms with E-state index in [9.17, 15) is 9.90 Å². The summed E-state index contributed by atoms with van der Waals surface area (Å²) in [6, 6.07) is 0.341. The first-order chi connectivity index (χ1) is 6.44. The number of rotatable bonds is 2. The van der Waals surface area contributed by atoms with Gasteiger partial charge in [-0.05, 0) is 45.1 Å². The molecule has 0 spiro atoms. The molecule has 1 aliphatic heterocycles. The number of aliphatic carboxylic acids is 1. The Kier molecular flexibility index (Phi) is 1.94. The maximum atomic E-state index is 11.4. The molecule has 3 nitrogen and oxygen atoms in total. The number of hydrogen-bond acceptors (Lipinski definition) is 2. The van der Waals surface area contributed by atoms with Crippen LogP contribution in [-0.2, 0) is 4.79 Å². The normalized spacial score (nSPS) is 42.3. The lowest BCUT2D eigenvalue weighted by molar-refractivity contribution is -0.149. The highest BCUT2D eigenvalue weighted by atomic mass is 16.4. The fourth-order valence-corrected chi connectivity index (χ4v) is 3.25. The van der Waals surface area contributed by atoms with Crippen molar-refractivity contribution in [3.05, 3.63) is 0 Å². The van der Waals surface area contributed by atoms with Gasteiger partial charge in [0.2, 0.25) is 0 Å². The van der Waals surface area contributed by atoms with Crippen molar-refractivity contribution in [1.29, 1.82) is 0 Å². The van der Waals surface area contributed by atoms with Crippen LogP contribution >= 0.6 is 0 Å². The smallest absolute Gasteiger partial charge is 0.324 e. The summed E-state index contributed by atoms with van der Waals surface area (Å²) in [5.74, 6) is -0.617. The third-order valence-electron chi connectivity index (χ3n) is 4.11. The number of carbonyl (C=O) groups is 1. The molecule has 1 aliphatic carbocycles. The van der Waals surface area contributed by atoms with Crippen molar-refractivity contribution >= 4 is 5.97 Å². The summed E-state index contributed by atoms with van der Waals surface area (Å²) in [6.45, 7) is 7.25. The van der Waals surface area contributed by atoms with Crippen LogP contribution in [0.1, 0.15) is 40.0 Å². The maximum Gasteiger partial charge on any atom is 0.324 e. The van der Waals surface area contributed by atoms with E-state index in [0.717, 1.165) is 25.8 Å². The molecule has 0 aromatic carbocycles. The Labute approximate surface area is 85.1 Å². The molecule has 3 heteroatoms. The summed E-state index contributed by atoms with van der Waals surface area (Å²) >= 11 is 0. The topological polar surface area (TPSA) is 40.5 Å². The predicted octanol–water partition coefficient (Wildman–Crippen LogP) is 1.72. The van der Waals surface area contributed by atoms with Crippen molar-refractivity contribution in [3.8, 4) is 0 Å². The summed E-state index contributed by atoms with van der Waals surface area (Å²) < 4.78 is 0. The fourth-order valence-electron chi connectivity index (χ4n) is 3.25. The number of likely N-dealkylation sites (tertiary alicyclic amines) is 1. The predicted molar refractivity (Wildman–Crippen MR) is 54.2 cm³/mol. The molecule has 1 saturated heterocycles. The molecule has 1 saturated carbocycles. The van der Waals surface area contributed by atoms with Crippen LogP contribution < -0.4 is 0 Å². The molecule has 80 valence electrons. The Hall–Kier alpha value is -0.570. The van der Waals surface area contributed by atoms with Gasteiger partial charge in [0.05, 0.1) is 0 Å². The van der Waals surface area contributed by atoms with Crippen molar-refractivity contribution in [2.24, 2.45) is 5.41 Å². The van der Waals surface area contributed by atoms with Gasteiger partial charge in [0.25, 0.3) is 0 Å². The Balaban J connectivity index is 2.31. The first kappa shape index (κ1) is 9.97. The lowest BCUT2D eigenvalue weighted by Gasteiger charge is -2.39. The van der Waals surface area contributed by atoms with Crippen LogP contribution in [-0.4, -0.2) is 34.1 Å². The number of carboxylic acid groups (broad SMARTS) is 1. The molecule has 2 unspecified atom stereocenters. The SMILES string of the molecule is CC(C)N1CCCC2(C)CC12C(=O)O. The van der Waals surface area contributed by atoms with Crippen LogP contribution in [0.3, 0.4) is 0 Å². The van der Waals surface area contributed by atoms with Crippen LogP contribution in [0.25, 0.3) is 0 Å². The highest BCUT2D eigenvalue weighted by Gasteiger charge is 2.73. The average Bonchev–Trinajstić information content (AvgIpc) is 2.71. The highest BCUT2D eigenvalue weighted by Crippen LogP contribution is 2.65. The summed E-state index contributed by atoms with van der Waals surface area (Å²) in [5, 5.41) is 9.38. The number of nitrogens with zero attached hydrogens (tertiary/aromatic N) is 1. The molecule has 14 heavy (non-hydrogen) atoms. The molecule has 0 aromatic rings.